The smallest absolute Gasteiger partial charge is 0.251 e. The van der Waals surface area contributed by atoms with Gasteiger partial charge in [0, 0.05) is 50.9 Å². The molecule has 1 aliphatic carbocycles. The van der Waals surface area contributed by atoms with Gasteiger partial charge < -0.3 is 25.4 Å². The molecule has 0 spiro atoms. The Morgan fingerprint density at radius 3 is 2.71 bits per heavy atom. The monoisotopic (exact) mass is 465 g/mol. The maximum Gasteiger partial charge on any atom is 0.251 e. The molecular weight excluding hydrogens is 430 g/mol. The molecule has 1 saturated carbocycles. The molecule has 1 aromatic carbocycles. The van der Waals surface area contributed by atoms with Crippen molar-refractivity contribution in [1.82, 2.24) is 15.2 Å². The SMILES string of the molecule is O=C(NC[C@H](O)CN1CCc2ccccc2C1)c1cc(NC2CCC2)nc(N2CCOCC2)c1. The van der Waals surface area contributed by atoms with E-state index in [4.69, 9.17) is 9.72 Å². The van der Waals surface area contributed by atoms with Crippen LogP contribution in [0.2, 0.25) is 0 Å². The summed E-state index contributed by atoms with van der Waals surface area (Å²) in [5, 5.41) is 17.0. The van der Waals surface area contributed by atoms with E-state index < -0.39 is 6.10 Å². The third-order valence-corrected chi connectivity index (χ3v) is 7.04. The van der Waals surface area contributed by atoms with Gasteiger partial charge in [0.1, 0.15) is 11.6 Å². The fourth-order valence-electron chi connectivity index (χ4n) is 4.82. The molecule has 1 aromatic heterocycles. The Bertz CT molecular complexity index is 990. The Morgan fingerprint density at radius 1 is 1.15 bits per heavy atom. The summed E-state index contributed by atoms with van der Waals surface area (Å²) in [5.74, 6) is 1.35. The van der Waals surface area contributed by atoms with Crippen molar-refractivity contribution >= 4 is 17.5 Å². The first-order valence-electron chi connectivity index (χ1n) is 12.5. The highest BCUT2D eigenvalue weighted by Crippen LogP contribution is 2.25. The molecule has 0 bridgehead atoms. The average molecular weight is 466 g/mol. The second kappa shape index (κ2) is 10.7. The van der Waals surface area contributed by atoms with Gasteiger partial charge in [-0.15, -0.1) is 0 Å². The lowest BCUT2D eigenvalue weighted by atomic mass is 9.93. The Kier molecular flexibility index (Phi) is 7.27. The predicted molar refractivity (Wildman–Crippen MR) is 132 cm³/mol. The number of β-amino-alcohol motifs (C(OH)–C–C–N with tert-alkyl or cyclic N) is 1. The standard InChI is InChI=1S/C26H35N5O3/c32-23(18-30-9-8-19-4-1-2-5-20(19)17-30)16-27-26(33)21-14-24(28-22-6-3-7-22)29-25(15-21)31-10-12-34-13-11-31/h1-2,4-5,14-15,22-23,32H,3,6-13,16-18H2,(H,27,33)(H,28,29)/t23-/m0/s1. The van der Waals surface area contributed by atoms with Crippen molar-refractivity contribution in [2.45, 2.75) is 44.4 Å². The van der Waals surface area contributed by atoms with Crippen LogP contribution in [-0.4, -0.2) is 79.0 Å². The van der Waals surface area contributed by atoms with Crippen molar-refractivity contribution in [2.24, 2.45) is 0 Å². The van der Waals surface area contributed by atoms with Gasteiger partial charge in [0.05, 0.1) is 19.3 Å². The molecule has 8 nitrogen and oxygen atoms in total. The van der Waals surface area contributed by atoms with E-state index in [1.165, 1.54) is 17.5 Å². The Labute approximate surface area is 201 Å². The lowest BCUT2D eigenvalue weighted by Crippen LogP contribution is -2.42. The molecule has 182 valence electrons. The summed E-state index contributed by atoms with van der Waals surface area (Å²) in [4.78, 5) is 22.2. The van der Waals surface area contributed by atoms with E-state index in [1.54, 1.807) is 0 Å². The maximum atomic E-state index is 13.0. The summed E-state index contributed by atoms with van der Waals surface area (Å²) >= 11 is 0. The van der Waals surface area contributed by atoms with Crippen LogP contribution < -0.4 is 15.5 Å². The number of amides is 1. The number of morpholine rings is 1. The van der Waals surface area contributed by atoms with E-state index in [-0.39, 0.29) is 12.5 Å². The summed E-state index contributed by atoms with van der Waals surface area (Å²) in [7, 11) is 0. The van der Waals surface area contributed by atoms with Crippen LogP contribution in [0.4, 0.5) is 11.6 Å². The van der Waals surface area contributed by atoms with Crippen molar-refractivity contribution < 1.29 is 14.6 Å². The fraction of sp³-hybridized carbons (Fsp3) is 0.538. The first-order valence-corrected chi connectivity index (χ1v) is 12.5. The van der Waals surface area contributed by atoms with Gasteiger partial charge in [-0.2, -0.15) is 0 Å². The normalized spacial score (nSPS) is 19.7. The third-order valence-electron chi connectivity index (χ3n) is 7.04. The van der Waals surface area contributed by atoms with Gasteiger partial charge in [0.25, 0.3) is 5.91 Å². The molecule has 1 amide bonds. The van der Waals surface area contributed by atoms with Gasteiger partial charge in [-0.25, -0.2) is 4.98 Å². The number of hydrogen-bond acceptors (Lipinski definition) is 7. The molecule has 5 rings (SSSR count). The first-order chi connectivity index (χ1) is 16.6. The maximum absolute atomic E-state index is 13.0. The summed E-state index contributed by atoms with van der Waals surface area (Å²) in [6.07, 6.45) is 3.88. The highest BCUT2D eigenvalue weighted by Gasteiger charge is 2.22. The number of fused-ring (bicyclic) bond motifs is 1. The summed E-state index contributed by atoms with van der Waals surface area (Å²) in [6, 6.07) is 12.6. The molecule has 1 saturated heterocycles. The van der Waals surface area contributed by atoms with Crippen LogP contribution in [0.3, 0.4) is 0 Å². The van der Waals surface area contributed by atoms with Crippen LogP contribution in [0.5, 0.6) is 0 Å². The minimum Gasteiger partial charge on any atom is -0.390 e. The van der Waals surface area contributed by atoms with Crippen LogP contribution in [0.25, 0.3) is 0 Å². The number of aliphatic hydroxyl groups is 1. The number of nitrogens with one attached hydrogen (secondary N) is 2. The molecule has 0 radical (unpaired) electrons. The summed E-state index contributed by atoms with van der Waals surface area (Å²) in [6.45, 7) is 5.37. The number of carbonyl (C=O) groups is 1. The number of aliphatic hydroxyl groups excluding tert-OH is 1. The van der Waals surface area contributed by atoms with Gasteiger partial charge in [-0.1, -0.05) is 24.3 Å². The number of aromatic nitrogens is 1. The Hall–Kier alpha value is -2.68. The van der Waals surface area contributed by atoms with Gasteiger partial charge in [0.15, 0.2) is 0 Å². The van der Waals surface area contributed by atoms with E-state index in [0.717, 1.165) is 57.1 Å². The zero-order valence-corrected chi connectivity index (χ0v) is 19.7. The molecule has 8 heteroatoms. The van der Waals surface area contributed by atoms with Crippen LogP contribution >= 0.6 is 0 Å². The number of pyridine rings is 1. The number of benzene rings is 1. The Morgan fingerprint density at radius 2 is 1.94 bits per heavy atom. The van der Waals surface area contributed by atoms with Crippen molar-refractivity contribution in [3.05, 3.63) is 53.1 Å². The van der Waals surface area contributed by atoms with Gasteiger partial charge in [0.2, 0.25) is 0 Å². The number of rotatable bonds is 8. The van der Waals surface area contributed by atoms with E-state index in [0.29, 0.717) is 31.4 Å². The second-order valence-electron chi connectivity index (χ2n) is 9.59. The molecule has 34 heavy (non-hydrogen) atoms. The Balaban J connectivity index is 1.19. The van der Waals surface area contributed by atoms with Crippen LogP contribution in [0.1, 0.15) is 40.7 Å². The largest absolute Gasteiger partial charge is 0.390 e. The number of nitrogens with zero attached hydrogens (tertiary/aromatic N) is 3. The summed E-state index contributed by atoms with van der Waals surface area (Å²) in [5.41, 5.74) is 3.28. The lowest BCUT2D eigenvalue weighted by Gasteiger charge is -2.31. The zero-order chi connectivity index (χ0) is 23.3. The molecule has 3 aliphatic rings. The van der Waals surface area contributed by atoms with E-state index >= 15 is 0 Å². The van der Waals surface area contributed by atoms with Crippen molar-refractivity contribution in [3.8, 4) is 0 Å². The van der Waals surface area contributed by atoms with E-state index in [1.807, 2.05) is 12.1 Å². The highest BCUT2D eigenvalue weighted by molar-refractivity contribution is 5.95. The number of ether oxygens (including phenoxy) is 1. The lowest BCUT2D eigenvalue weighted by molar-refractivity contribution is 0.0842. The van der Waals surface area contributed by atoms with Gasteiger partial charge in [-0.3, -0.25) is 9.69 Å². The molecule has 3 heterocycles. The van der Waals surface area contributed by atoms with E-state index in [2.05, 4.69) is 44.7 Å². The van der Waals surface area contributed by atoms with Gasteiger partial charge in [-0.05, 0) is 48.9 Å². The molecular formula is C26H35N5O3. The van der Waals surface area contributed by atoms with Crippen molar-refractivity contribution in [3.63, 3.8) is 0 Å². The number of carbonyl (C=O) groups excluding carboxylic acids is 1. The number of anilines is 2. The van der Waals surface area contributed by atoms with Crippen LogP contribution in [-0.2, 0) is 17.7 Å². The quantitative estimate of drug-likeness (QED) is 0.550. The van der Waals surface area contributed by atoms with Crippen molar-refractivity contribution in [2.75, 3.05) is 56.2 Å². The van der Waals surface area contributed by atoms with Crippen LogP contribution in [0.15, 0.2) is 36.4 Å². The minimum atomic E-state index is -0.623. The summed E-state index contributed by atoms with van der Waals surface area (Å²) < 4.78 is 5.47. The van der Waals surface area contributed by atoms with Crippen LogP contribution in [0, 0.1) is 0 Å². The second-order valence-corrected chi connectivity index (χ2v) is 9.59. The first kappa shape index (κ1) is 23.1. The highest BCUT2D eigenvalue weighted by atomic mass is 16.5. The molecule has 2 aromatic rings. The topological polar surface area (TPSA) is 90.0 Å². The zero-order valence-electron chi connectivity index (χ0n) is 19.7. The van der Waals surface area contributed by atoms with Gasteiger partial charge >= 0.3 is 0 Å². The fourth-order valence-corrected chi connectivity index (χ4v) is 4.82. The minimum absolute atomic E-state index is 0.184. The number of hydrogen-bond donors (Lipinski definition) is 3. The average Bonchev–Trinajstić information content (AvgIpc) is 2.85. The molecule has 0 unspecified atom stereocenters. The predicted octanol–water partition coefficient (Wildman–Crippen LogP) is 2.03. The molecule has 2 fully saturated rings. The molecule has 2 aliphatic heterocycles. The van der Waals surface area contributed by atoms with E-state index in [9.17, 15) is 9.90 Å². The third kappa shape index (κ3) is 5.68. The molecule has 3 N–H and O–H groups in total. The molecule has 1 atom stereocenters. The van der Waals surface area contributed by atoms with Crippen molar-refractivity contribution in [1.29, 1.82) is 0 Å².